The van der Waals surface area contributed by atoms with Crippen LogP contribution in [-0.2, 0) is 5.41 Å². The van der Waals surface area contributed by atoms with Crippen molar-refractivity contribution in [3.05, 3.63) is 64.2 Å². The maximum Gasteiger partial charge on any atom is 0.335 e. The highest BCUT2D eigenvalue weighted by Gasteiger charge is 2.39. The summed E-state index contributed by atoms with van der Waals surface area (Å²) in [5.74, 6) is 6.38. The first kappa shape index (κ1) is 18.1. The Balaban J connectivity index is 1.97. The first-order chi connectivity index (χ1) is 12.1. The standard InChI is InChI=1S/C23H24O3/c1-15-12-20-19(22(2,3)14-23(4,5)26-20)13-18(15)11-8-16-6-9-17(10-7-16)21(24)25/h6-7,9-10,12-13H,14H2,1-5H3,(H,24,25). The van der Waals surface area contributed by atoms with E-state index >= 15 is 0 Å². The van der Waals surface area contributed by atoms with Crippen LogP contribution in [0.1, 0.15) is 66.7 Å². The number of benzene rings is 2. The molecule has 2 aromatic carbocycles. The molecule has 0 spiro atoms. The van der Waals surface area contributed by atoms with E-state index in [1.54, 1.807) is 24.3 Å². The second-order valence-corrected chi connectivity index (χ2v) is 8.22. The molecule has 0 amide bonds. The largest absolute Gasteiger partial charge is 0.488 e. The summed E-state index contributed by atoms with van der Waals surface area (Å²) in [6.45, 7) is 10.8. The van der Waals surface area contributed by atoms with Crippen LogP contribution in [0.2, 0.25) is 0 Å². The summed E-state index contributed by atoms with van der Waals surface area (Å²) < 4.78 is 6.19. The van der Waals surface area contributed by atoms with E-state index in [2.05, 4.69) is 51.7 Å². The summed E-state index contributed by atoms with van der Waals surface area (Å²) in [6.07, 6.45) is 0.944. The third-order valence-corrected chi connectivity index (χ3v) is 4.78. The molecular formula is C23H24O3. The molecule has 0 unspecified atom stereocenters. The lowest BCUT2D eigenvalue weighted by atomic mass is 9.73. The van der Waals surface area contributed by atoms with E-state index in [-0.39, 0.29) is 16.6 Å². The maximum atomic E-state index is 10.9. The predicted molar refractivity (Wildman–Crippen MR) is 103 cm³/mol. The molecule has 134 valence electrons. The Kier molecular flexibility index (Phi) is 4.32. The Morgan fingerprint density at radius 3 is 2.35 bits per heavy atom. The molecule has 0 fully saturated rings. The van der Waals surface area contributed by atoms with Crippen LogP contribution in [0.4, 0.5) is 0 Å². The lowest BCUT2D eigenvalue weighted by molar-refractivity contribution is 0.0533. The van der Waals surface area contributed by atoms with Crippen LogP contribution < -0.4 is 4.74 Å². The molecule has 1 aliphatic heterocycles. The van der Waals surface area contributed by atoms with Gasteiger partial charge in [0.25, 0.3) is 0 Å². The van der Waals surface area contributed by atoms with Crippen molar-refractivity contribution in [2.45, 2.75) is 52.1 Å². The molecule has 2 aromatic rings. The van der Waals surface area contributed by atoms with Gasteiger partial charge in [-0.3, -0.25) is 0 Å². The summed E-state index contributed by atoms with van der Waals surface area (Å²) in [5, 5.41) is 8.97. The Bertz CT molecular complexity index is 922. The summed E-state index contributed by atoms with van der Waals surface area (Å²) in [7, 11) is 0. The van der Waals surface area contributed by atoms with Gasteiger partial charge >= 0.3 is 5.97 Å². The third kappa shape index (κ3) is 3.60. The van der Waals surface area contributed by atoms with Crippen molar-refractivity contribution >= 4 is 5.97 Å². The Labute approximate surface area is 155 Å². The first-order valence-electron chi connectivity index (χ1n) is 8.77. The van der Waals surface area contributed by atoms with E-state index in [1.165, 1.54) is 5.56 Å². The van der Waals surface area contributed by atoms with Gasteiger partial charge in [-0.2, -0.15) is 0 Å². The molecule has 1 aliphatic rings. The van der Waals surface area contributed by atoms with E-state index in [9.17, 15) is 4.79 Å². The van der Waals surface area contributed by atoms with Crippen molar-refractivity contribution in [1.82, 2.24) is 0 Å². The number of aryl methyl sites for hydroxylation is 1. The number of hydrogen-bond donors (Lipinski definition) is 1. The van der Waals surface area contributed by atoms with Gasteiger partial charge in [0.15, 0.2) is 0 Å². The second-order valence-electron chi connectivity index (χ2n) is 8.22. The number of carboxylic acids is 1. The fourth-order valence-electron chi connectivity index (χ4n) is 3.76. The van der Waals surface area contributed by atoms with Gasteiger partial charge in [0.1, 0.15) is 11.4 Å². The van der Waals surface area contributed by atoms with Gasteiger partial charge in [-0.15, -0.1) is 0 Å². The zero-order valence-electron chi connectivity index (χ0n) is 15.9. The molecule has 0 radical (unpaired) electrons. The van der Waals surface area contributed by atoms with Crippen LogP contribution in [0.25, 0.3) is 0 Å². The molecule has 3 rings (SSSR count). The number of rotatable bonds is 1. The average molecular weight is 348 g/mol. The monoisotopic (exact) mass is 348 g/mol. The van der Waals surface area contributed by atoms with Crippen molar-refractivity contribution in [1.29, 1.82) is 0 Å². The van der Waals surface area contributed by atoms with Crippen molar-refractivity contribution in [2.75, 3.05) is 0 Å². The average Bonchev–Trinajstić information content (AvgIpc) is 2.51. The number of hydrogen-bond acceptors (Lipinski definition) is 2. The predicted octanol–water partition coefficient (Wildman–Crippen LogP) is 4.93. The Morgan fingerprint density at radius 1 is 1.08 bits per heavy atom. The smallest absolute Gasteiger partial charge is 0.335 e. The van der Waals surface area contributed by atoms with Crippen LogP contribution in [0.5, 0.6) is 5.75 Å². The van der Waals surface area contributed by atoms with Gasteiger partial charge in [-0.05, 0) is 74.6 Å². The molecule has 0 bridgehead atoms. The summed E-state index contributed by atoms with van der Waals surface area (Å²) in [6, 6.07) is 10.8. The van der Waals surface area contributed by atoms with Gasteiger partial charge in [0.2, 0.25) is 0 Å². The minimum atomic E-state index is -0.930. The molecule has 0 atom stereocenters. The molecule has 3 heteroatoms. The molecule has 1 N–H and O–H groups in total. The minimum Gasteiger partial charge on any atom is -0.488 e. The van der Waals surface area contributed by atoms with E-state index in [4.69, 9.17) is 9.84 Å². The third-order valence-electron chi connectivity index (χ3n) is 4.78. The van der Waals surface area contributed by atoms with Gasteiger partial charge in [0, 0.05) is 16.7 Å². The molecular weight excluding hydrogens is 324 g/mol. The van der Waals surface area contributed by atoms with Gasteiger partial charge < -0.3 is 9.84 Å². The van der Waals surface area contributed by atoms with E-state index in [1.807, 2.05) is 6.92 Å². The van der Waals surface area contributed by atoms with Gasteiger partial charge in [-0.1, -0.05) is 25.7 Å². The topological polar surface area (TPSA) is 46.5 Å². The second kappa shape index (κ2) is 6.21. The highest BCUT2D eigenvalue weighted by molar-refractivity contribution is 5.87. The van der Waals surface area contributed by atoms with Crippen molar-refractivity contribution in [2.24, 2.45) is 0 Å². The summed E-state index contributed by atoms with van der Waals surface area (Å²) in [5.41, 5.74) is 4.14. The summed E-state index contributed by atoms with van der Waals surface area (Å²) >= 11 is 0. The van der Waals surface area contributed by atoms with Crippen LogP contribution >= 0.6 is 0 Å². The zero-order valence-corrected chi connectivity index (χ0v) is 15.9. The highest BCUT2D eigenvalue weighted by Crippen LogP contribution is 2.45. The maximum absolute atomic E-state index is 10.9. The molecule has 0 aliphatic carbocycles. The fourth-order valence-corrected chi connectivity index (χ4v) is 3.76. The SMILES string of the molecule is Cc1cc2c(cc1C#Cc1ccc(C(=O)O)cc1)C(C)(C)CC(C)(C)O2. The normalized spacial score (nSPS) is 16.7. The lowest BCUT2D eigenvalue weighted by Crippen LogP contribution is -2.41. The number of carbonyl (C=O) groups is 1. The molecule has 0 aromatic heterocycles. The minimum absolute atomic E-state index is 0.0182. The van der Waals surface area contributed by atoms with Crippen LogP contribution in [-0.4, -0.2) is 16.7 Å². The quantitative estimate of drug-likeness (QED) is 0.743. The zero-order chi connectivity index (χ0) is 19.1. The van der Waals surface area contributed by atoms with E-state index in [0.29, 0.717) is 0 Å². The Morgan fingerprint density at radius 2 is 1.73 bits per heavy atom. The first-order valence-corrected chi connectivity index (χ1v) is 8.77. The van der Waals surface area contributed by atoms with Crippen molar-refractivity contribution in [3.8, 4) is 17.6 Å². The molecule has 3 nitrogen and oxygen atoms in total. The van der Waals surface area contributed by atoms with Gasteiger partial charge in [-0.25, -0.2) is 4.79 Å². The molecule has 0 saturated carbocycles. The van der Waals surface area contributed by atoms with Gasteiger partial charge in [0.05, 0.1) is 5.56 Å². The fraction of sp³-hybridized carbons (Fsp3) is 0.348. The summed E-state index contributed by atoms with van der Waals surface area (Å²) in [4.78, 5) is 10.9. The molecule has 0 saturated heterocycles. The lowest BCUT2D eigenvalue weighted by Gasteiger charge is -2.42. The van der Waals surface area contributed by atoms with Crippen LogP contribution in [0.3, 0.4) is 0 Å². The van der Waals surface area contributed by atoms with E-state index < -0.39 is 5.97 Å². The Hall–Kier alpha value is -2.73. The number of carboxylic acid groups (broad SMARTS) is 1. The highest BCUT2D eigenvalue weighted by atomic mass is 16.5. The van der Waals surface area contributed by atoms with E-state index in [0.717, 1.165) is 28.9 Å². The van der Waals surface area contributed by atoms with Crippen LogP contribution in [0.15, 0.2) is 36.4 Å². The van der Waals surface area contributed by atoms with Crippen LogP contribution in [0, 0.1) is 18.8 Å². The molecule has 1 heterocycles. The van der Waals surface area contributed by atoms with Crippen molar-refractivity contribution in [3.63, 3.8) is 0 Å². The molecule has 26 heavy (non-hydrogen) atoms. The van der Waals surface area contributed by atoms with Crippen molar-refractivity contribution < 1.29 is 14.6 Å². The number of fused-ring (bicyclic) bond motifs is 1. The number of ether oxygens (including phenoxy) is 1. The number of aromatic carboxylic acids is 1.